The van der Waals surface area contributed by atoms with Crippen molar-refractivity contribution in [2.75, 3.05) is 25.8 Å². The van der Waals surface area contributed by atoms with Crippen LogP contribution in [0.5, 0.6) is 11.5 Å². The maximum atomic E-state index is 15.0. The zero-order chi connectivity index (χ0) is 23.7. The maximum absolute atomic E-state index is 15.0. The molecule has 1 atom stereocenters. The van der Waals surface area contributed by atoms with Crippen LogP contribution in [0, 0.1) is 5.82 Å². The van der Waals surface area contributed by atoms with Gasteiger partial charge in [0.05, 0.1) is 37.4 Å². The second-order valence-corrected chi connectivity index (χ2v) is 7.78. The number of hydrogen-bond acceptors (Lipinski definition) is 7. The Morgan fingerprint density at radius 3 is 2.64 bits per heavy atom. The van der Waals surface area contributed by atoms with Gasteiger partial charge in [0.2, 0.25) is 0 Å². The number of halogens is 1. The number of rotatable bonds is 7. The number of aryl methyl sites for hydroxylation is 1. The fourth-order valence-corrected chi connectivity index (χ4v) is 4.13. The molecule has 8 nitrogen and oxygen atoms in total. The average molecular weight is 455 g/mol. The molecule has 3 aromatic rings. The Kier molecular flexibility index (Phi) is 6.24. The third kappa shape index (κ3) is 4.23. The van der Waals surface area contributed by atoms with Crippen molar-refractivity contribution in [2.24, 2.45) is 0 Å². The number of anilines is 1. The molecule has 4 rings (SSSR count). The van der Waals surface area contributed by atoms with E-state index in [1.54, 1.807) is 25.7 Å². The van der Waals surface area contributed by atoms with E-state index in [0.717, 1.165) is 11.6 Å². The number of carboxylic acid groups (broad SMARTS) is 1. The van der Waals surface area contributed by atoms with Gasteiger partial charge in [-0.15, -0.1) is 0 Å². The number of aromatic carboxylic acids is 1. The molecule has 1 saturated heterocycles. The van der Waals surface area contributed by atoms with E-state index >= 15 is 0 Å². The molecule has 0 bridgehead atoms. The lowest BCUT2D eigenvalue weighted by Gasteiger charge is -2.21. The number of carbonyl (C=O) groups excluding carboxylic acids is 1. The summed E-state index contributed by atoms with van der Waals surface area (Å²) in [5, 5.41) is 12.8. The predicted octanol–water partition coefficient (Wildman–Crippen LogP) is 2.29. The highest BCUT2D eigenvalue weighted by molar-refractivity contribution is 5.92. The summed E-state index contributed by atoms with van der Waals surface area (Å²) in [7, 11) is 3.15. The molecule has 0 N–H and O–H groups in total. The van der Waals surface area contributed by atoms with Gasteiger partial charge in [-0.05, 0) is 43.2 Å². The first-order valence-corrected chi connectivity index (χ1v) is 10.6. The fraction of sp³-hybridized carbons (Fsp3) is 0.333. The minimum Gasteiger partial charge on any atom is -0.545 e. The van der Waals surface area contributed by atoms with Crippen LogP contribution in [0.3, 0.4) is 0 Å². The first-order valence-electron chi connectivity index (χ1n) is 10.6. The van der Waals surface area contributed by atoms with Gasteiger partial charge in [0.15, 0.2) is 16.9 Å². The van der Waals surface area contributed by atoms with Gasteiger partial charge in [-0.25, -0.2) is 4.39 Å². The molecule has 9 heteroatoms. The summed E-state index contributed by atoms with van der Waals surface area (Å²) in [5.74, 6) is -0.991. The molecular weight excluding hydrogens is 431 g/mol. The molecule has 2 aromatic carbocycles. The zero-order valence-corrected chi connectivity index (χ0v) is 18.6. The number of benzene rings is 2. The SMILES string of the molecule is CCn1cc(C(=O)[O-])c(=O)c2cc(F)c(N3CC[C@@H](Cc4ccc(OC)c(OC)c4)O3)cc21. The van der Waals surface area contributed by atoms with Crippen molar-refractivity contribution >= 4 is 22.6 Å². The van der Waals surface area contributed by atoms with E-state index in [1.807, 2.05) is 18.2 Å². The first-order chi connectivity index (χ1) is 15.9. The largest absolute Gasteiger partial charge is 0.545 e. The molecule has 1 fully saturated rings. The highest BCUT2D eigenvalue weighted by Crippen LogP contribution is 2.32. The molecular formula is C24H24FN2O6-. The summed E-state index contributed by atoms with van der Waals surface area (Å²) in [6.45, 7) is 2.66. The third-order valence-corrected chi connectivity index (χ3v) is 5.82. The van der Waals surface area contributed by atoms with Gasteiger partial charge < -0.3 is 23.9 Å². The summed E-state index contributed by atoms with van der Waals surface area (Å²) in [4.78, 5) is 29.8. The normalized spacial score (nSPS) is 15.8. The van der Waals surface area contributed by atoms with Crippen LogP contribution in [0.1, 0.15) is 29.3 Å². The predicted molar refractivity (Wildman–Crippen MR) is 118 cm³/mol. The number of fused-ring (bicyclic) bond motifs is 1. The number of pyridine rings is 1. The van der Waals surface area contributed by atoms with Gasteiger partial charge >= 0.3 is 0 Å². The van der Waals surface area contributed by atoms with Gasteiger partial charge in [-0.2, -0.15) is 0 Å². The summed E-state index contributed by atoms with van der Waals surface area (Å²) in [6, 6.07) is 8.23. The van der Waals surface area contributed by atoms with Gasteiger partial charge in [-0.1, -0.05) is 6.07 Å². The van der Waals surface area contributed by atoms with Crippen LogP contribution in [-0.2, 0) is 17.8 Å². The van der Waals surface area contributed by atoms with E-state index in [2.05, 4.69) is 0 Å². The van der Waals surface area contributed by atoms with Crippen LogP contribution in [0.25, 0.3) is 10.9 Å². The number of aromatic nitrogens is 1. The summed E-state index contributed by atoms with van der Waals surface area (Å²) < 4.78 is 27.2. The molecule has 1 aliphatic heterocycles. The van der Waals surface area contributed by atoms with Crippen molar-refractivity contribution < 1.29 is 28.6 Å². The molecule has 1 aliphatic rings. The van der Waals surface area contributed by atoms with E-state index in [4.69, 9.17) is 14.3 Å². The van der Waals surface area contributed by atoms with E-state index in [-0.39, 0.29) is 17.2 Å². The molecule has 1 aromatic heterocycles. The maximum Gasteiger partial charge on any atom is 0.198 e. The summed E-state index contributed by atoms with van der Waals surface area (Å²) in [6.07, 6.45) is 2.33. The lowest BCUT2D eigenvalue weighted by molar-refractivity contribution is -0.255. The Hall–Kier alpha value is -3.59. The second-order valence-electron chi connectivity index (χ2n) is 7.78. The van der Waals surface area contributed by atoms with Gasteiger partial charge in [0.1, 0.15) is 11.5 Å². The van der Waals surface area contributed by atoms with Crippen LogP contribution in [-0.4, -0.2) is 37.4 Å². The number of ether oxygens (including phenoxy) is 2. The van der Waals surface area contributed by atoms with Crippen molar-refractivity contribution in [1.29, 1.82) is 0 Å². The number of carbonyl (C=O) groups is 1. The number of hydroxylamine groups is 1. The Bertz CT molecular complexity index is 1270. The Morgan fingerprint density at radius 2 is 1.97 bits per heavy atom. The molecule has 2 heterocycles. The fourth-order valence-electron chi connectivity index (χ4n) is 4.13. The number of nitrogens with zero attached hydrogens (tertiary/aromatic N) is 2. The third-order valence-electron chi connectivity index (χ3n) is 5.82. The summed E-state index contributed by atoms with van der Waals surface area (Å²) >= 11 is 0. The topological polar surface area (TPSA) is 93.1 Å². The minimum atomic E-state index is -1.59. The lowest BCUT2D eigenvalue weighted by Crippen LogP contribution is -2.30. The highest BCUT2D eigenvalue weighted by Gasteiger charge is 2.27. The van der Waals surface area contributed by atoms with Crippen molar-refractivity contribution in [2.45, 2.75) is 32.4 Å². The summed E-state index contributed by atoms with van der Waals surface area (Å²) in [5.41, 5.74) is 0.349. The van der Waals surface area contributed by atoms with Gasteiger partial charge in [0, 0.05) is 31.1 Å². The van der Waals surface area contributed by atoms with E-state index in [1.165, 1.54) is 17.3 Å². The average Bonchev–Trinajstić information content (AvgIpc) is 3.27. The van der Waals surface area contributed by atoms with Crippen LogP contribution in [0.4, 0.5) is 10.1 Å². The lowest BCUT2D eigenvalue weighted by atomic mass is 10.1. The minimum absolute atomic E-state index is 0.0131. The zero-order valence-electron chi connectivity index (χ0n) is 18.6. The van der Waals surface area contributed by atoms with E-state index < -0.39 is 22.8 Å². The van der Waals surface area contributed by atoms with Crippen molar-refractivity contribution in [3.05, 3.63) is 63.7 Å². The molecule has 0 aliphatic carbocycles. The van der Waals surface area contributed by atoms with E-state index in [9.17, 15) is 19.1 Å². The van der Waals surface area contributed by atoms with Crippen LogP contribution in [0.2, 0.25) is 0 Å². The quantitative estimate of drug-likeness (QED) is 0.540. The number of methoxy groups -OCH3 is 2. The van der Waals surface area contributed by atoms with E-state index in [0.29, 0.717) is 42.9 Å². The molecule has 0 radical (unpaired) electrons. The second kappa shape index (κ2) is 9.11. The molecule has 0 amide bonds. The molecule has 0 unspecified atom stereocenters. The van der Waals surface area contributed by atoms with Crippen molar-refractivity contribution in [3.8, 4) is 11.5 Å². The number of carboxylic acids is 1. The van der Waals surface area contributed by atoms with Crippen LogP contribution in [0.15, 0.2) is 41.3 Å². The Morgan fingerprint density at radius 1 is 1.21 bits per heavy atom. The monoisotopic (exact) mass is 455 g/mol. The molecule has 0 saturated carbocycles. The van der Waals surface area contributed by atoms with Gasteiger partial charge in [0.25, 0.3) is 0 Å². The smallest absolute Gasteiger partial charge is 0.198 e. The number of hydrogen-bond donors (Lipinski definition) is 0. The van der Waals surface area contributed by atoms with Crippen molar-refractivity contribution in [3.63, 3.8) is 0 Å². The van der Waals surface area contributed by atoms with Crippen LogP contribution < -0.4 is 25.1 Å². The van der Waals surface area contributed by atoms with Gasteiger partial charge in [-0.3, -0.25) is 14.7 Å². The Labute approximate surface area is 189 Å². The standard InChI is InChI=1S/C24H25FN2O6/c1-4-26-13-17(24(29)30)23(28)16-11-18(25)20(12-19(16)26)27-8-7-15(33-27)9-14-5-6-21(31-2)22(10-14)32-3/h5-6,10-13,15H,4,7-9H2,1-3H3,(H,29,30)/p-1/t15-/m0/s1. The van der Waals surface area contributed by atoms with Crippen LogP contribution >= 0.6 is 0 Å². The molecule has 0 spiro atoms. The molecule has 33 heavy (non-hydrogen) atoms. The first kappa shape index (κ1) is 22.6. The molecule has 174 valence electrons. The Balaban J connectivity index is 1.61. The van der Waals surface area contributed by atoms with Crippen molar-refractivity contribution in [1.82, 2.24) is 4.57 Å². The highest BCUT2D eigenvalue weighted by atomic mass is 19.1.